The number of hydrogen-bond acceptors (Lipinski definition) is 0. The summed E-state index contributed by atoms with van der Waals surface area (Å²) in [6, 6.07) is 0. The Labute approximate surface area is 138 Å². The fourth-order valence-electron chi connectivity index (χ4n) is 7.22. The van der Waals surface area contributed by atoms with Crippen LogP contribution in [0.5, 0.6) is 0 Å². The second-order valence-electron chi connectivity index (χ2n) is 9.44. The summed E-state index contributed by atoms with van der Waals surface area (Å²) in [5.41, 5.74) is 2.50. The molecule has 0 heterocycles. The van der Waals surface area contributed by atoms with Crippen LogP contribution in [0.4, 0.5) is 0 Å². The van der Waals surface area contributed by atoms with Crippen molar-refractivity contribution in [2.24, 2.45) is 35.0 Å². The fraction of sp³-hybridized carbons (Fsp3) is 0.909. The molecule has 0 aromatic rings. The van der Waals surface area contributed by atoms with Gasteiger partial charge in [0.2, 0.25) is 0 Å². The molecular weight excluding hydrogens is 264 g/mol. The summed E-state index contributed by atoms with van der Waals surface area (Å²) in [7, 11) is 0. The third-order valence-corrected chi connectivity index (χ3v) is 8.23. The van der Waals surface area contributed by atoms with Crippen molar-refractivity contribution in [2.75, 3.05) is 0 Å². The molecule has 0 N–H and O–H groups in total. The lowest BCUT2D eigenvalue weighted by atomic mass is 9.51. The van der Waals surface area contributed by atoms with Gasteiger partial charge in [-0.1, -0.05) is 51.2 Å². The minimum absolute atomic E-state index is 0.669. The number of hydrogen-bond donors (Lipinski definition) is 0. The maximum absolute atomic E-state index is 2.65. The van der Waals surface area contributed by atoms with Crippen molar-refractivity contribution in [3.05, 3.63) is 11.6 Å². The molecule has 0 radical (unpaired) electrons. The lowest BCUT2D eigenvalue weighted by Crippen LogP contribution is -2.46. The zero-order valence-corrected chi connectivity index (χ0v) is 14.9. The normalized spacial score (nSPS) is 49.5. The van der Waals surface area contributed by atoms with Crippen molar-refractivity contribution in [3.63, 3.8) is 0 Å². The minimum Gasteiger partial charge on any atom is -0.0853 e. The molecule has 4 rings (SSSR count). The predicted molar refractivity (Wildman–Crippen MR) is 94.7 cm³/mol. The van der Waals surface area contributed by atoms with E-state index in [-0.39, 0.29) is 0 Å². The van der Waals surface area contributed by atoms with Crippen LogP contribution < -0.4 is 0 Å². The largest absolute Gasteiger partial charge is 0.0853 e. The highest BCUT2D eigenvalue weighted by atomic mass is 14.6. The molecule has 0 aromatic heterocycles. The molecule has 4 saturated carbocycles. The van der Waals surface area contributed by atoms with Crippen molar-refractivity contribution in [2.45, 2.75) is 90.9 Å². The van der Waals surface area contributed by atoms with E-state index in [1.807, 2.05) is 5.57 Å². The first-order chi connectivity index (χ1) is 10.7. The van der Waals surface area contributed by atoms with E-state index >= 15 is 0 Å². The van der Waals surface area contributed by atoms with Crippen LogP contribution in [-0.4, -0.2) is 0 Å². The minimum atomic E-state index is 0.669. The van der Waals surface area contributed by atoms with Gasteiger partial charge in [-0.2, -0.15) is 0 Å². The topological polar surface area (TPSA) is 0 Å². The van der Waals surface area contributed by atoms with E-state index in [0.717, 1.165) is 29.6 Å². The highest BCUT2D eigenvalue weighted by Crippen LogP contribution is 2.63. The van der Waals surface area contributed by atoms with Crippen molar-refractivity contribution in [3.8, 4) is 0 Å². The molecule has 22 heavy (non-hydrogen) atoms. The first kappa shape index (κ1) is 15.3. The number of fused-ring (bicyclic) bond motifs is 5. The van der Waals surface area contributed by atoms with E-state index in [4.69, 9.17) is 0 Å². The van der Waals surface area contributed by atoms with Crippen LogP contribution in [0.15, 0.2) is 11.6 Å². The van der Waals surface area contributed by atoms with Gasteiger partial charge >= 0.3 is 0 Å². The average molecular weight is 301 g/mol. The second-order valence-corrected chi connectivity index (χ2v) is 9.44. The number of unbranched alkanes of at least 4 members (excludes halogenated alkanes) is 1. The van der Waals surface area contributed by atoms with E-state index in [9.17, 15) is 0 Å². The molecule has 4 fully saturated rings. The van der Waals surface area contributed by atoms with E-state index in [1.54, 1.807) is 32.1 Å². The summed E-state index contributed by atoms with van der Waals surface area (Å²) in [5.74, 6) is 5.49. The maximum Gasteiger partial charge on any atom is -0.0254 e. The SMILES string of the molecule is CCC/C=C1\CC2C3CCC4CCCCC4C3CCC2(C)C1. The van der Waals surface area contributed by atoms with E-state index in [2.05, 4.69) is 19.9 Å². The molecule has 6 atom stereocenters. The summed E-state index contributed by atoms with van der Waals surface area (Å²) in [6.07, 6.45) is 20.6. The summed E-state index contributed by atoms with van der Waals surface area (Å²) in [5, 5.41) is 0. The third-order valence-electron chi connectivity index (χ3n) is 8.23. The Morgan fingerprint density at radius 3 is 2.73 bits per heavy atom. The van der Waals surface area contributed by atoms with Crippen molar-refractivity contribution in [1.29, 1.82) is 0 Å². The molecule has 6 unspecified atom stereocenters. The van der Waals surface area contributed by atoms with Crippen molar-refractivity contribution < 1.29 is 0 Å². The Morgan fingerprint density at radius 2 is 1.86 bits per heavy atom. The Kier molecular flexibility index (Phi) is 4.16. The van der Waals surface area contributed by atoms with Crippen molar-refractivity contribution in [1.82, 2.24) is 0 Å². The van der Waals surface area contributed by atoms with Crippen molar-refractivity contribution >= 4 is 0 Å². The maximum atomic E-state index is 2.65. The highest BCUT2D eigenvalue weighted by molar-refractivity contribution is 5.18. The molecule has 4 aliphatic rings. The highest BCUT2D eigenvalue weighted by Gasteiger charge is 2.53. The molecule has 0 bridgehead atoms. The third kappa shape index (κ3) is 2.49. The monoisotopic (exact) mass is 300 g/mol. The van der Waals surface area contributed by atoms with E-state index in [0.29, 0.717) is 5.41 Å². The zero-order chi connectivity index (χ0) is 15.2. The molecule has 4 aliphatic carbocycles. The molecule has 0 spiro atoms. The lowest BCUT2D eigenvalue weighted by molar-refractivity contribution is -0.0492. The molecule has 124 valence electrons. The first-order valence-corrected chi connectivity index (χ1v) is 10.4. The average Bonchev–Trinajstić information content (AvgIpc) is 2.89. The zero-order valence-electron chi connectivity index (χ0n) is 14.9. The summed E-state index contributed by atoms with van der Waals surface area (Å²) in [4.78, 5) is 0. The molecule has 0 heteroatoms. The summed E-state index contributed by atoms with van der Waals surface area (Å²) >= 11 is 0. The summed E-state index contributed by atoms with van der Waals surface area (Å²) < 4.78 is 0. The quantitative estimate of drug-likeness (QED) is 0.494. The van der Waals surface area contributed by atoms with Gasteiger partial charge in [0.1, 0.15) is 0 Å². The molecule has 0 aromatic carbocycles. The molecule has 0 aliphatic heterocycles. The Bertz CT molecular complexity index is 433. The van der Waals surface area contributed by atoms with Gasteiger partial charge in [0, 0.05) is 0 Å². The van der Waals surface area contributed by atoms with Gasteiger partial charge in [-0.3, -0.25) is 0 Å². The van der Waals surface area contributed by atoms with Gasteiger partial charge in [0.25, 0.3) is 0 Å². The van der Waals surface area contributed by atoms with Gasteiger partial charge in [0.15, 0.2) is 0 Å². The van der Waals surface area contributed by atoms with Gasteiger partial charge < -0.3 is 0 Å². The van der Waals surface area contributed by atoms with Crippen LogP contribution in [-0.2, 0) is 0 Å². The van der Waals surface area contributed by atoms with E-state index < -0.39 is 0 Å². The summed E-state index contributed by atoms with van der Waals surface area (Å²) in [6.45, 7) is 4.97. The standard InChI is InChI=1S/C22H36/c1-3-4-7-16-14-21-20-11-10-17-8-5-6-9-18(17)19(20)12-13-22(21,2)15-16/h7,17-21H,3-6,8-15H2,1-2H3/b16-7+. The number of allylic oxidation sites excluding steroid dienone is 2. The van der Waals surface area contributed by atoms with Crippen LogP contribution in [0, 0.1) is 35.0 Å². The van der Waals surface area contributed by atoms with Crippen LogP contribution in [0.25, 0.3) is 0 Å². The molecule has 0 saturated heterocycles. The van der Waals surface area contributed by atoms with Crippen LogP contribution in [0.2, 0.25) is 0 Å². The molecule has 0 amide bonds. The van der Waals surface area contributed by atoms with Gasteiger partial charge in [-0.15, -0.1) is 0 Å². The smallest absolute Gasteiger partial charge is 0.0254 e. The molecular formula is C22H36. The van der Waals surface area contributed by atoms with Gasteiger partial charge in [-0.25, -0.2) is 0 Å². The Balaban J connectivity index is 1.54. The van der Waals surface area contributed by atoms with Crippen LogP contribution in [0.3, 0.4) is 0 Å². The fourth-order valence-corrected chi connectivity index (χ4v) is 7.22. The second kappa shape index (κ2) is 5.99. The van der Waals surface area contributed by atoms with Gasteiger partial charge in [-0.05, 0) is 86.4 Å². The first-order valence-electron chi connectivity index (χ1n) is 10.4. The van der Waals surface area contributed by atoms with Gasteiger partial charge in [0.05, 0.1) is 0 Å². The molecule has 0 nitrogen and oxygen atoms in total. The lowest BCUT2D eigenvalue weighted by Gasteiger charge is -2.54. The van der Waals surface area contributed by atoms with Crippen LogP contribution in [0.1, 0.15) is 90.9 Å². The predicted octanol–water partition coefficient (Wildman–Crippen LogP) is 6.76. The Morgan fingerprint density at radius 1 is 1.00 bits per heavy atom. The van der Waals surface area contributed by atoms with E-state index in [1.165, 1.54) is 44.9 Å². The Hall–Kier alpha value is -0.260. The number of rotatable bonds is 2. The van der Waals surface area contributed by atoms with Crippen LogP contribution >= 0.6 is 0 Å².